The van der Waals surface area contributed by atoms with Crippen molar-refractivity contribution < 1.29 is 9.59 Å². The molecule has 25 heavy (non-hydrogen) atoms. The number of rotatable bonds is 2. The summed E-state index contributed by atoms with van der Waals surface area (Å²) in [6.45, 7) is 4.39. The van der Waals surface area contributed by atoms with Crippen LogP contribution in [0.15, 0.2) is 18.2 Å². The Morgan fingerprint density at radius 1 is 1.04 bits per heavy atom. The van der Waals surface area contributed by atoms with Crippen LogP contribution in [-0.4, -0.2) is 73.6 Å². The predicted octanol–water partition coefficient (Wildman–Crippen LogP) is 1.23. The summed E-state index contributed by atoms with van der Waals surface area (Å²) in [7, 11) is 0. The Morgan fingerprint density at radius 2 is 1.76 bits per heavy atom. The summed E-state index contributed by atoms with van der Waals surface area (Å²) < 4.78 is 0. The lowest BCUT2D eigenvalue weighted by Gasteiger charge is -2.37. The topological polar surface area (TPSA) is 76.7 Å². The molecule has 2 aliphatic rings. The Morgan fingerprint density at radius 3 is 2.40 bits per heavy atom. The molecule has 3 amide bonds. The molecule has 2 saturated heterocycles. The highest BCUT2D eigenvalue weighted by atomic mass is 35.5. The molecule has 1 aromatic rings. The van der Waals surface area contributed by atoms with Gasteiger partial charge in [-0.05, 0) is 18.2 Å². The third-order valence-electron chi connectivity index (χ3n) is 4.39. The first kappa shape index (κ1) is 18.3. The predicted molar refractivity (Wildman–Crippen MR) is 98.3 cm³/mol. The minimum Gasteiger partial charge on any atom is -0.338 e. The maximum atomic E-state index is 12.5. The van der Waals surface area contributed by atoms with E-state index in [0.717, 1.165) is 13.1 Å². The molecule has 0 radical (unpaired) electrons. The molecule has 2 aliphatic heterocycles. The molecular weight excluding hydrogens is 365 g/mol. The van der Waals surface area contributed by atoms with E-state index >= 15 is 0 Å². The molecule has 9 heteroatoms. The maximum Gasteiger partial charge on any atom is 0.321 e. The monoisotopic (exact) mass is 385 g/mol. The van der Waals surface area contributed by atoms with Crippen LogP contribution in [-0.2, 0) is 4.79 Å². The number of amides is 3. The van der Waals surface area contributed by atoms with Gasteiger partial charge in [-0.3, -0.25) is 4.79 Å². The molecule has 0 aromatic heterocycles. The summed E-state index contributed by atoms with van der Waals surface area (Å²) in [5.41, 5.74) is 0.593. The van der Waals surface area contributed by atoms with E-state index in [9.17, 15) is 9.59 Å². The molecule has 0 bridgehead atoms. The van der Waals surface area contributed by atoms with E-state index in [0.29, 0.717) is 48.5 Å². The second kappa shape index (κ2) is 8.23. The summed E-state index contributed by atoms with van der Waals surface area (Å²) in [4.78, 5) is 28.3. The van der Waals surface area contributed by atoms with Crippen molar-refractivity contribution in [3.63, 3.8) is 0 Å². The maximum absolute atomic E-state index is 12.5. The molecule has 0 aliphatic carbocycles. The standard InChI is InChI=1S/C16H21Cl2N5O2/c17-12-2-1-11(9-13(12)18)21-16(25)23-7-5-22(6-8-23)15(24)14-10-19-3-4-20-14/h1-2,9,14,19-20H,3-8,10H2,(H,21,25)/t14-/m1/s1. The van der Waals surface area contributed by atoms with Gasteiger partial charge in [0.1, 0.15) is 0 Å². The summed E-state index contributed by atoms with van der Waals surface area (Å²) in [5, 5.41) is 10.1. The zero-order valence-electron chi connectivity index (χ0n) is 13.7. The lowest BCUT2D eigenvalue weighted by molar-refractivity contribution is -0.135. The average Bonchev–Trinajstić information content (AvgIpc) is 2.65. The highest BCUT2D eigenvalue weighted by molar-refractivity contribution is 6.42. The summed E-state index contributed by atoms with van der Waals surface area (Å²) >= 11 is 11.8. The third-order valence-corrected chi connectivity index (χ3v) is 5.13. The molecule has 0 unspecified atom stereocenters. The quantitative estimate of drug-likeness (QED) is 0.715. The normalized spacial score (nSPS) is 21.1. The second-order valence-electron chi connectivity index (χ2n) is 6.08. The van der Waals surface area contributed by atoms with Crippen molar-refractivity contribution in [3.8, 4) is 0 Å². The van der Waals surface area contributed by atoms with E-state index in [2.05, 4.69) is 16.0 Å². The first-order valence-corrected chi connectivity index (χ1v) is 9.04. The van der Waals surface area contributed by atoms with E-state index in [-0.39, 0.29) is 18.0 Å². The van der Waals surface area contributed by atoms with Gasteiger partial charge in [0.25, 0.3) is 0 Å². The molecule has 3 N–H and O–H groups in total. The van der Waals surface area contributed by atoms with Crippen LogP contribution in [0.25, 0.3) is 0 Å². The molecular formula is C16H21Cl2N5O2. The van der Waals surface area contributed by atoms with Crippen molar-refractivity contribution in [2.45, 2.75) is 6.04 Å². The van der Waals surface area contributed by atoms with Crippen molar-refractivity contribution >= 4 is 40.8 Å². The van der Waals surface area contributed by atoms with Crippen molar-refractivity contribution in [3.05, 3.63) is 28.2 Å². The van der Waals surface area contributed by atoms with Crippen molar-refractivity contribution in [1.29, 1.82) is 0 Å². The molecule has 1 atom stereocenters. The van der Waals surface area contributed by atoms with Crippen LogP contribution in [0, 0.1) is 0 Å². The van der Waals surface area contributed by atoms with Gasteiger partial charge in [-0.25, -0.2) is 4.79 Å². The molecule has 0 spiro atoms. The smallest absolute Gasteiger partial charge is 0.321 e. The Balaban J connectivity index is 1.50. The van der Waals surface area contributed by atoms with Crippen LogP contribution in [0.1, 0.15) is 0 Å². The van der Waals surface area contributed by atoms with E-state index in [1.807, 2.05) is 4.90 Å². The average molecular weight is 386 g/mol. The fourth-order valence-corrected chi connectivity index (χ4v) is 3.25. The lowest BCUT2D eigenvalue weighted by atomic mass is 10.2. The SMILES string of the molecule is O=C(Nc1ccc(Cl)c(Cl)c1)N1CCN(C(=O)[C@H]2CNCCN2)CC1. The minimum atomic E-state index is -0.206. The number of nitrogens with zero attached hydrogens (tertiary/aromatic N) is 2. The van der Waals surface area contributed by atoms with Crippen LogP contribution >= 0.6 is 23.2 Å². The summed E-state index contributed by atoms with van der Waals surface area (Å²) in [6, 6.07) is 4.58. The van der Waals surface area contributed by atoms with E-state index in [1.54, 1.807) is 23.1 Å². The molecule has 136 valence electrons. The molecule has 3 rings (SSSR count). The fourth-order valence-electron chi connectivity index (χ4n) is 2.95. The number of benzene rings is 1. The number of piperazine rings is 2. The van der Waals surface area contributed by atoms with Crippen molar-refractivity contribution in [2.24, 2.45) is 0 Å². The highest BCUT2D eigenvalue weighted by Gasteiger charge is 2.29. The van der Waals surface area contributed by atoms with Crippen molar-refractivity contribution in [1.82, 2.24) is 20.4 Å². The first-order chi connectivity index (χ1) is 12.0. The van der Waals surface area contributed by atoms with Gasteiger partial charge in [0.05, 0.1) is 16.1 Å². The Labute approximate surface area is 156 Å². The Hall–Kier alpha value is -1.54. The van der Waals surface area contributed by atoms with Gasteiger partial charge in [0.15, 0.2) is 0 Å². The molecule has 2 heterocycles. The number of carbonyl (C=O) groups is 2. The van der Waals surface area contributed by atoms with Crippen LogP contribution in [0.5, 0.6) is 0 Å². The zero-order valence-corrected chi connectivity index (χ0v) is 15.2. The fraction of sp³-hybridized carbons (Fsp3) is 0.500. The van der Waals surface area contributed by atoms with Gasteiger partial charge >= 0.3 is 6.03 Å². The van der Waals surface area contributed by atoms with Gasteiger partial charge in [0.2, 0.25) is 5.91 Å². The molecule has 7 nitrogen and oxygen atoms in total. The number of carbonyl (C=O) groups excluding carboxylic acids is 2. The number of hydrogen-bond acceptors (Lipinski definition) is 4. The van der Waals surface area contributed by atoms with Crippen molar-refractivity contribution in [2.75, 3.05) is 51.1 Å². The van der Waals surface area contributed by atoms with Crippen LogP contribution in [0.2, 0.25) is 10.0 Å². The number of halogens is 2. The molecule has 0 saturated carbocycles. The van der Waals surface area contributed by atoms with E-state index < -0.39 is 0 Å². The van der Waals surface area contributed by atoms with Crippen LogP contribution in [0.3, 0.4) is 0 Å². The van der Waals surface area contributed by atoms with Gasteiger partial charge < -0.3 is 25.8 Å². The van der Waals surface area contributed by atoms with Gasteiger partial charge in [-0.1, -0.05) is 23.2 Å². The summed E-state index contributed by atoms with van der Waals surface area (Å²) in [6.07, 6.45) is 0. The minimum absolute atomic E-state index is 0.0942. The second-order valence-corrected chi connectivity index (χ2v) is 6.90. The molecule has 1 aromatic carbocycles. The Bertz CT molecular complexity index is 643. The van der Waals surface area contributed by atoms with Crippen LogP contribution in [0.4, 0.5) is 10.5 Å². The Kier molecular flexibility index (Phi) is 6.01. The van der Waals surface area contributed by atoms with Gasteiger partial charge in [0, 0.05) is 51.5 Å². The molecule has 2 fully saturated rings. The number of nitrogens with one attached hydrogen (secondary N) is 3. The first-order valence-electron chi connectivity index (χ1n) is 8.28. The van der Waals surface area contributed by atoms with Gasteiger partial charge in [-0.2, -0.15) is 0 Å². The number of urea groups is 1. The van der Waals surface area contributed by atoms with Crippen LogP contribution < -0.4 is 16.0 Å². The third kappa shape index (κ3) is 4.55. The van der Waals surface area contributed by atoms with E-state index in [1.165, 1.54) is 0 Å². The number of hydrogen-bond donors (Lipinski definition) is 3. The van der Waals surface area contributed by atoms with E-state index in [4.69, 9.17) is 23.2 Å². The summed E-state index contributed by atoms with van der Waals surface area (Å²) in [5.74, 6) is 0.0942. The lowest BCUT2D eigenvalue weighted by Crippen LogP contribution is -2.60. The zero-order chi connectivity index (χ0) is 17.8. The van der Waals surface area contributed by atoms with Gasteiger partial charge in [-0.15, -0.1) is 0 Å². The highest BCUT2D eigenvalue weighted by Crippen LogP contribution is 2.25. The number of anilines is 1. The largest absolute Gasteiger partial charge is 0.338 e.